The summed E-state index contributed by atoms with van der Waals surface area (Å²) in [5.74, 6) is -1.79. The number of hydrogen-bond donors (Lipinski definition) is 2. The van der Waals surface area contributed by atoms with Gasteiger partial charge in [0.2, 0.25) is 0 Å². The quantitative estimate of drug-likeness (QED) is 0.598. The number of nitrogen functional groups attached to an aromatic ring is 1. The number of carboxylic acids is 1. The summed E-state index contributed by atoms with van der Waals surface area (Å²) in [6.07, 6.45) is -2.67. The number of pyridine rings is 1. The first-order chi connectivity index (χ1) is 7.36. The zero-order chi connectivity index (χ0) is 12.5. The molecule has 0 aliphatic heterocycles. The molecule has 0 radical (unpaired) electrons. The summed E-state index contributed by atoms with van der Waals surface area (Å²) in [6.45, 7) is 0. The molecule has 3 N–H and O–H groups in total. The normalized spacial score (nSPS) is 10.4. The number of carboxylic acid groups (broad SMARTS) is 1. The Labute approximate surface area is 86.7 Å². The lowest BCUT2D eigenvalue weighted by atomic mass is 10.1. The maximum Gasteiger partial charge on any atom is 0.340 e. The van der Waals surface area contributed by atoms with E-state index in [1.807, 2.05) is 0 Å². The molecule has 86 valence electrons. The van der Waals surface area contributed by atoms with E-state index in [1.54, 1.807) is 0 Å². The van der Waals surface area contributed by atoms with Crippen LogP contribution < -0.4 is 5.73 Å². The van der Waals surface area contributed by atoms with Crippen LogP contribution in [0.4, 0.5) is 20.2 Å². The third-order valence-corrected chi connectivity index (χ3v) is 1.74. The van der Waals surface area contributed by atoms with Crippen molar-refractivity contribution in [2.45, 2.75) is 6.43 Å². The Bertz CT molecular complexity index is 463. The second-order valence-electron chi connectivity index (χ2n) is 2.68. The maximum atomic E-state index is 12.3. The van der Waals surface area contributed by atoms with E-state index in [9.17, 15) is 23.7 Å². The van der Waals surface area contributed by atoms with Crippen LogP contribution >= 0.6 is 0 Å². The van der Waals surface area contributed by atoms with E-state index in [0.29, 0.717) is 6.20 Å². The smallest absolute Gasteiger partial charge is 0.340 e. The molecule has 0 fully saturated rings. The molecule has 7 nitrogen and oxygen atoms in total. The van der Waals surface area contributed by atoms with E-state index in [4.69, 9.17) is 10.8 Å². The highest BCUT2D eigenvalue weighted by Crippen LogP contribution is 2.31. The van der Waals surface area contributed by atoms with Gasteiger partial charge in [0.1, 0.15) is 23.1 Å². The number of rotatable bonds is 3. The number of halogens is 2. The van der Waals surface area contributed by atoms with Gasteiger partial charge in [-0.1, -0.05) is 0 Å². The van der Waals surface area contributed by atoms with E-state index >= 15 is 0 Å². The van der Waals surface area contributed by atoms with E-state index in [2.05, 4.69) is 4.98 Å². The lowest BCUT2D eigenvalue weighted by Gasteiger charge is -2.06. The molecule has 0 saturated heterocycles. The minimum atomic E-state index is -3.17. The van der Waals surface area contributed by atoms with Crippen molar-refractivity contribution < 1.29 is 23.6 Å². The zero-order valence-electron chi connectivity index (χ0n) is 7.55. The molecular weight excluding hydrogens is 228 g/mol. The number of nitrogens with zero attached hydrogens (tertiary/aromatic N) is 2. The van der Waals surface area contributed by atoms with Gasteiger partial charge in [0.15, 0.2) is 0 Å². The fraction of sp³-hybridized carbons (Fsp3) is 0.143. The number of aromatic nitrogens is 1. The predicted octanol–water partition coefficient (Wildman–Crippen LogP) is 1.21. The van der Waals surface area contributed by atoms with Crippen molar-refractivity contribution in [2.75, 3.05) is 5.73 Å². The number of nitro groups is 1. The monoisotopic (exact) mass is 233 g/mol. The Morgan fingerprint density at radius 3 is 2.56 bits per heavy atom. The minimum Gasteiger partial charge on any atom is -0.478 e. The molecule has 9 heteroatoms. The van der Waals surface area contributed by atoms with E-state index in [1.165, 1.54) is 0 Å². The second kappa shape index (κ2) is 4.04. The Balaban J connectivity index is 3.54. The molecule has 0 spiro atoms. The Hall–Kier alpha value is -2.32. The average Bonchev–Trinajstić information content (AvgIpc) is 2.15. The Morgan fingerprint density at radius 1 is 1.62 bits per heavy atom. The van der Waals surface area contributed by atoms with E-state index < -0.39 is 40.0 Å². The molecule has 0 aromatic carbocycles. The first-order valence-corrected chi connectivity index (χ1v) is 3.80. The molecule has 0 aliphatic carbocycles. The van der Waals surface area contributed by atoms with Crippen LogP contribution in [-0.2, 0) is 0 Å². The standard InChI is InChI=1S/C7H5F2N3O4/c8-6(9)5-3(7(13)14)4(10)2(1-11-5)12(15)16/h1,6H,(H2,10,11)(H,13,14). The third-order valence-electron chi connectivity index (χ3n) is 1.74. The van der Waals surface area contributed by atoms with Gasteiger partial charge in [-0.3, -0.25) is 10.1 Å². The van der Waals surface area contributed by atoms with Gasteiger partial charge in [0.25, 0.3) is 6.43 Å². The second-order valence-corrected chi connectivity index (χ2v) is 2.68. The summed E-state index contributed by atoms with van der Waals surface area (Å²) in [7, 11) is 0. The van der Waals surface area contributed by atoms with Crippen molar-refractivity contribution in [1.82, 2.24) is 4.98 Å². The average molecular weight is 233 g/mol. The molecule has 16 heavy (non-hydrogen) atoms. The lowest BCUT2D eigenvalue weighted by Crippen LogP contribution is -2.11. The third kappa shape index (κ3) is 1.87. The summed E-state index contributed by atoms with van der Waals surface area (Å²) >= 11 is 0. The Morgan fingerprint density at radius 2 is 2.19 bits per heavy atom. The summed E-state index contributed by atoms with van der Waals surface area (Å²) < 4.78 is 24.7. The lowest BCUT2D eigenvalue weighted by molar-refractivity contribution is -0.384. The molecule has 0 bridgehead atoms. The van der Waals surface area contributed by atoms with Crippen molar-refractivity contribution in [1.29, 1.82) is 0 Å². The van der Waals surface area contributed by atoms with Crippen LogP contribution in [0, 0.1) is 10.1 Å². The molecule has 0 atom stereocenters. The van der Waals surface area contributed by atoms with Crippen LogP contribution in [0.1, 0.15) is 22.5 Å². The number of aromatic carboxylic acids is 1. The molecule has 1 aromatic heterocycles. The number of hydrogen-bond acceptors (Lipinski definition) is 5. The largest absolute Gasteiger partial charge is 0.478 e. The molecular formula is C7H5F2N3O4. The Kier molecular flexibility index (Phi) is 2.97. The molecule has 0 aliphatic rings. The number of carbonyl (C=O) groups is 1. The van der Waals surface area contributed by atoms with E-state index in [-0.39, 0.29) is 0 Å². The highest BCUT2D eigenvalue weighted by Gasteiger charge is 2.28. The molecule has 1 heterocycles. The topological polar surface area (TPSA) is 119 Å². The highest BCUT2D eigenvalue weighted by atomic mass is 19.3. The van der Waals surface area contributed by atoms with Crippen LogP contribution in [0.5, 0.6) is 0 Å². The molecule has 0 unspecified atom stereocenters. The van der Waals surface area contributed by atoms with Gasteiger partial charge in [0, 0.05) is 0 Å². The summed E-state index contributed by atoms with van der Waals surface area (Å²) in [5, 5.41) is 19.0. The summed E-state index contributed by atoms with van der Waals surface area (Å²) in [4.78, 5) is 23.1. The van der Waals surface area contributed by atoms with Crippen LogP contribution in [0.15, 0.2) is 6.20 Å². The van der Waals surface area contributed by atoms with Gasteiger partial charge in [-0.2, -0.15) is 0 Å². The van der Waals surface area contributed by atoms with Crippen molar-refractivity contribution in [2.24, 2.45) is 0 Å². The van der Waals surface area contributed by atoms with Crippen molar-refractivity contribution in [3.8, 4) is 0 Å². The van der Waals surface area contributed by atoms with Gasteiger partial charge in [0.05, 0.1) is 4.92 Å². The first kappa shape index (κ1) is 11.8. The van der Waals surface area contributed by atoms with Crippen molar-refractivity contribution in [3.63, 3.8) is 0 Å². The maximum absolute atomic E-state index is 12.3. The minimum absolute atomic E-state index is 0.503. The molecule has 1 rings (SSSR count). The van der Waals surface area contributed by atoms with Crippen LogP contribution in [0.2, 0.25) is 0 Å². The van der Waals surface area contributed by atoms with Gasteiger partial charge < -0.3 is 10.8 Å². The van der Waals surface area contributed by atoms with Gasteiger partial charge in [-0.25, -0.2) is 18.6 Å². The number of alkyl halides is 2. The summed E-state index contributed by atoms with van der Waals surface area (Å²) in [5.41, 5.74) is 1.35. The zero-order valence-corrected chi connectivity index (χ0v) is 7.55. The number of anilines is 1. The SMILES string of the molecule is Nc1c([N+](=O)[O-])cnc(C(F)F)c1C(=O)O. The van der Waals surface area contributed by atoms with Gasteiger partial charge in [-0.15, -0.1) is 0 Å². The van der Waals surface area contributed by atoms with E-state index in [0.717, 1.165) is 0 Å². The van der Waals surface area contributed by atoms with Crippen molar-refractivity contribution >= 4 is 17.3 Å². The fourth-order valence-electron chi connectivity index (χ4n) is 1.07. The summed E-state index contributed by atoms with van der Waals surface area (Å²) in [6, 6.07) is 0. The van der Waals surface area contributed by atoms with Gasteiger partial charge >= 0.3 is 11.7 Å². The highest BCUT2D eigenvalue weighted by molar-refractivity contribution is 5.97. The van der Waals surface area contributed by atoms with Crippen LogP contribution in [-0.4, -0.2) is 21.0 Å². The molecule has 0 saturated carbocycles. The predicted molar refractivity (Wildman–Crippen MR) is 47.2 cm³/mol. The molecule has 1 aromatic rings. The number of nitrogens with two attached hydrogens (primary N) is 1. The van der Waals surface area contributed by atoms with Crippen LogP contribution in [0.3, 0.4) is 0 Å². The van der Waals surface area contributed by atoms with Gasteiger partial charge in [-0.05, 0) is 0 Å². The van der Waals surface area contributed by atoms with Crippen molar-refractivity contribution in [3.05, 3.63) is 27.6 Å². The fourth-order valence-corrected chi connectivity index (χ4v) is 1.07. The first-order valence-electron chi connectivity index (χ1n) is 3.80. The molecule has 0 amide bonds. The van der Waals surface area contributed by atoms with Crippen LogP contribution in [0.25, 0.3) is 0 Å².